The molecule has 0 aromatic carbocycles. The highest BCUT2D eigenvalue weighted by molar-refractivity contribution is 5.85. The maximum atomic E-state index is 10.9. The van der Waals surface area contributed by atoms with Gasteiger partial charge in [0.05, 0.1) is 4.92 Å². The summed E-state index contributed by atoms with van der Waals surface area (Å²) in [5.74, 6) is -1.17. The summed E-state index contributed by atoms with van der Waals surface area (Å²) in [4.78, 5) is 28.6. The summed E-state index contributed by atoms with van der Waals surface area (Å²) in [5, 5.41) is 19.6. The predicted molar refractivity (Wildman–Crippen MR) is 59.7 cm³/mol. The van der Waals surface area contributed by atoms with Gasteiger partial charge in [-0.05, 0) is 12.5 Å². The van der Waals surface area contributed by atoms with Gasteiger partial charge in [0.15, 0.2) is 5.69 Å². The Labute approximate surface area is 101 Å². The standard InChI is InChI=1S/C10H8N4O4/c1-6-2-8(14(17)18)9(11-3-6)13-4-7(10(15)16)12-5-13/h2-5H,1H3,(H,15,16). The van der Waals surface area contributed by atoms with Crippen molar-refractivity contribution in [2.75, 3.05) is 0 Å². The van der Waals surface area contributed by atoms with Gasteiger partial charge in [0, 0.05) is 18.5 Å². The minimum Gasteiger partial charge on any atom is -0.476 e. The van der Waals surface area contributed by atoms with Gasteiger partial charge in [-0.2, -0.15) is 0 Å². The van der Waals surface area contributed by atoms with Gasteiger partial charge in [-0.1, -0.05) is 0 Å². The van der Waals surface area contributed by atoms with E-state index in [4.69, 9.17) is 5.11 Å². The van der Waals surface area contributed by atoms with E-state index in [0.29, 0.717) is 5.56 Å². The van der Waals surface area contributed by atoms with E-state index in [0.717, 1.165) is 0 Å². The molecule has 8 nitrogen and oxygen atoms in total. The second-order valence-electron chi connectivity index (χ2n) is 3.58. The summed E-state index contributed by atoms with van der Waals surface area (Å²) >= 11 is 0. The number of hydrogen-bond acceptors (Lipinski definition) is 5. The number of aromatic carboxylic acids is 1. The molecule has 0 atom stereocenters. The van der Waals surface area contributed by atoms with Gasteiger partial charge in [-0.15, -0.1) is 0 Å². The van der Waals surface area contributed by atoms with E-state index >= 15 is 0 Å². The lowest BCUT2D eigenvalue weighted by Gasteiger charge is -2.02. The van der Waals surface area contributed by atoms with E-state index in [-0.39, 0.29) is 17.2 Å². The highest BCUT2D eigenvalue weighted by Crippen LogP contribution is 2.21. The van der Waals surface area contributed by atoms with E-state index in [2.05, 4.69) is 9.97 Å². The molecular formula is C10H8N4O4. The smallest absolute Gasteiger partial charge is 0.356 e. The summed E-state index contributed by atoms with van der Waals surface area (Å²) in [5.41, 5.74) is 0.236. The molecule has 0 unspecified atom stereocenters. The first-order valence-electron chi connectivity index (χ1n) is 4.87. The number of carbonyl (C=O) groups is 1. The lowest BCUT2D eigenvalue weighted by molar-refractivity contribution is -0.384. The molecular weight excluding hydrogens is 240 g/mol. The zero-order chi connectivity index (χ0) is 13.3. The van der Waals surface area contributed by atoms with E-state index in [1.807, 2.05) is 0 Å². The van der Waals surface area contributed by atoms with Crippen LogP contribution in [-0.4, -0.2) is 30.5 Å². The van der Waals surface area contributed by atoms with Crippen LogP contribution in [-0.2, 0) is 0 Å². The number of imidazole rings is 1. The molecule has 0 saturated carbocycles. The van der Waals surface area contributed by atoms with Crippen LogP contribution in [0.15, 0.2) is 24.8 Å². The highest BCUT2D eigenvalue weighted by atomic mass is 16.6. The number of rotatable bonds is 3. The first kappa shape index (κ1) is 11.7. The van der Waals surface area contributed by atoms with E-state index < -0.39 is 10.9 Å². The molecule has 18 heavy (non-hydrogen) atoms. The third kappa shape index (κ3) is 2.03. The minimum atomic E-state index is -1.21. The van der Waals surface area contributed by atoms with Gasteiger partial charge in [-0.25, -0.2) is 14.8 Å². The second-order valence-corrected chi connectivity index (χ2v) is 3.58. The Morgan fingerprint density at radius 1 is 1.50 bits per heavy atom. The van der Waals surface area contributed by atoms with Crippen molar-refractivity contribution < 1.29 is 14.8 Å². The lowest BCUT2D eigenvalue weighted by Crippen LogP contribution is -2.02. The van der Waals surface area contributed by atoms with Crippen molar-refractivity contribution in [3.05, 3.63) is 46.2 Å². The molecule has 0 aliphatic rings. The average Bonchev–Trinajstić information content (AvgIpc) is 2.78. The maximum Gasteiger partial charge on any atom is 0.356 e. The first-order chi connectivity index (χ1) is 8.49. The molecule has 0 amide bonds. The Balaban J connectivity index is 2.55. The minimum absolute atomic E-state index is 0.0330. The number of aryl methyl sites for hydroxylation is 1. The Hall–Kier alpha value is -2.77. The largest absolute Gasteiger partial charge is 0.476 e. The Morgan fingerprint density at radius 3 is 2.78 bits per heavy atom. The Bertz CT molecular complexity index is 635. The zero-order valence-corrected chi connectivity index (χ0v) is 9.27. The fourth-order valence-corrected chi connectivity index (χ4v) is 1.43. The molecule has 0 aliphatic carbocycles. The van der Waals surface area contributed by atoms with Gasteiger partial charge in [-0.3, -0.25) is 14.7 Å². The van der Waals surface area contributed by atoms with Crippen LogP contribution < -0.4 is 0 Å². The van der Waals surface area contributed by atoms with Crippen molar-refractivity contribution in [1.82, 2.24) is 14.5 Å². The molecule has 2 rings (SSSR count). The fraction of sp³-hybridized carbons (Fsp3) is 0.100. The number of hydrogen-bond donors (Lipinski definition) is 1. The molecule has 2 aromatic rings. The van der Waals surface area contributed by atoms with Gasteiger partial charge < -0.3 is 5.11 Å². The molecule has 1 N–H and O–H groups in total. The van der Waals surface area contributed by atoms with Crippen LogP contribution >= 0.6 is 0 Å². The summed E-state index contributed by atoms with van der Waals surface area (Å²) in [7, 11) is 0. The number of nitrogens with zero attached hydrogens (tertiary/aromatic N) is 4. The number of carboxylic acid groups (broad SMARTS) is 1. The van der Waals surface area contributed by atoms with E-state index in [1.54, 1.807) is 6.92 Å². The highest BCUT2D eigenvalue weighted by Gasteiger charge is 2.18. The van der Waals surface area contributed by atoms with Crippen molar-refractivity contribution in [3.8, 4) is 5.82 Å². The molecule has 8 heteroatoms. The number of carboxylic acids is 1. The maximum absolute atomic E-state index is 10.9. The summed E-state index contributed by atoms with van der Waals surface area (Å²) in [6, 6.07) is 1.36. The average molecular weight is 248 g/mol. The molecule has 2 aromatic heterocycles. The third-order valence-electron chi connectivity index (χ3n) is 2.23. The molecule has 0 radical (unpaired) electrons. The Kier molecular flexibility index (Phi) is 2.76. The van der Waals surface area contributed by atoms with Gasteiger partial charge in [0.2, 0.25) is 5.82 Å². The van der Waals surface area contributed by atoms with Crippen LogP contribution in [0.3, 0.4) is 0 Å². The molecule has 0 saturated heterocycles. The molecule has 0 spiro atoms. The number of pyridine rings is 1. The van der Waals surface area contributed by atoms with Crippen LogP contribution in [0.1, 0.15) is 16.1 Å². The SMILES string of the molecule is Cc1cnc(-n2cnc(C(=O)O)c2)c([N+](=O)[O-])c1. The first-order valence-corrected chi connectivity index (χ1v) is 4.87. The predicted octanol–water partition coefficient (Wildman–Crippen LogP) is 1.18. The Morgan fingerprint density at radius 2 is 2.22 bits per heavy atom. The van der Waals surface area contributed by atoms with Gasteiger partial charge in [0.1, 0.15) is 6.33 Å². The van der Waals surface area contributed by atoms with Crippen LogP contribution in [0, 0.1) is 17.0 Å². The van der Waals surface area contributed by atoms with Crippen molar-refractivity contribution in [3.63, 3.8) is 0 Å². The normalized spacial score (nSPS) is 10.3. The summed E-state index contributed by atoms with van der Waals surface area (Å²) < 4.78 is 1.21. The van der Waals surface area contributed by atoms with E-state index in [9.17, 15) is 14.9 Å². The molecule has 0 fully saturated rings. The molecule has 0 bridgehead atoms. The van der Waals surface area contributed by atoms with Gasteiger partial charge in [0.25, 0.3) is 0 Å². The lowest BCUT2D eigenvalue weighted by atomic mass is 10.3. The fourth-order valence-electron chi connectivity index (χ4n) is 1.43. The monoisotopic (exact) mass is 248 g/mol. The van der Waals surface area contributed by atoms with Crippen molar-refractivity contribution in [1.29, 1.82) is 0 Å². The third-order valence-corrected chi connectivity index (χ3v) is 2.23. The van der Waals surface area contributed by atoms with Crippen molar-refractivity contribution in [2.24, 2.45) is 0 Å². The number of aromatic nitrogens is 3. The second kappa shape index (κ2) is 4.24. The van der Waals surface area contributed by atoms with Crippen LogP contribution in [0.25, 0.3) is 5.82 Å². The van der Waals surface area contributed by atoms with Crippen LogP contribution in [0.5, 0.6) is 0 Å². The zero-order valence-electron chi connectivity index (χ0n) is 9.27. The molecule has 2 heterocycles. The van der Waals surface area contributed by atoms with E-state index in [1.165, 1.54) is 29.4 Å². The summed E-state index contributed by atoms with van der Waals surface area (Å²) in [6.07, 6.45) is 3.81. The quantitative estimate of drug-likeness (QED) is 0.644. The van der Waals surface area contributed by atoms with Crippen LogP contribution in [0.2, 0.25) is 0 Å². The van der Waals surface area contributed by atoms with Crippen molar-refractivity contribution in [2.45, 2.75) is 6.92 Å². The topological polar surface area (TPSA) is 111 Å². The van der Waals surface area contributed by atoms with Crippen LogP contribution in [0.4, 0.5) is 5.69 Å². The molecule has 0 aliphatic heterocycles. The summed E-state index contributed by atoms with van der Waals surface area (Å²) in [6.45, 7) is 1.68. The number of nitro groups is 1. The molecule has 92 valence electrons. The van der Waals surface area contributed by atoms with Crippen molar-refractivity contribution >= 4 is 11.7 Å². The van der Waals surface area contributed by atoms with Gasteiger partial charge >= 0.3 is 11.7 Å².